The van der Waals surface area contributed by atoms with Gasteiger partial charge in [-0.1, -0.05) is 68.3 Å². The van der Waals surface area contributed by atoms with Crippen molar-refractivity contribution in [3.05, 3.63) is 131 Å². The zero-order valence-corrected chi connectivity index (χ0v) is 20.0. The molecule has 0 spiro atoms. The highest BCUT2D eigenvalue weighted by molar-refractivity contribution is 5.90. The molecule has 0 radical (unpaired) electrons. The van der Waals surface area contributed by atoms with Crippen LogP contribution >= 0.6 is 0 Å². The lowest BCUT2D eigenvalue weighted by molar-refractivity contribution is 0.0378. The summed E-state index contributed by atoms with van der Waals surface area (Å²) in [6, 6.07) is 23.0. The van der Waals surface area contributed by atoms with Crippen molar-refractivity contribution in [1.29, 1.82) is 0 Å². The Kier molecular flexibility index (Phi) is 8.21. The van der Waals surface area contributed by atoms with E-state index < -0.39 is 23.7 Å². The summed E-state index contributed by atoms with van der Waals surface area (Å²) in [6.45, 7) is 2.13. The lowest BCUT2D eigenvalue weighted by Crippen LogP contribution is -2.13. The third-order valence-corrected chi connectivity index (χ3v) is 6.10. The van der Waals surface area contributed by atoms with Gasteiger partial charge in [-0.15, -0.1) is 0 Å². The summed E-state index contributed by atoms with van der Waals surface area (Å²) in [4.78, 5) is 13.0. The predicted octanol–water partition coefficient (Wildman–Crippen LogP) is 8.45. The number of unbranched alkanes of at least 4 members (excludes halogenated alkanes) is 2. The molecule has 0 fully saturated rings. The molecule has 4 rings (SSSR count). The van der Waals surface area contributed by atoms with Crippen molar-refractivity contribution in [3.8, 4) is 11.1 Å². The lowest BCUT2D eigenvalue weighted by Gasteiger charge is -2.19. The van der Waals surface area contributed by atoms with Crippen LogP contribution in [0.1, 0.15) is 59.3 Å². The topological polar surface area (TPSA) is 26.3 Å². The molecule has 0 bridgehead atoms. The van der Waals surface area contributed by atoms with Crippen molar-refractivity contribution in [1.82, 2.24) is 0 Å². The summed E-state index contributed by atoms with van der Waals surface area (Å²) in [5.74, 6) is -1.74. The van der Waals surface area contributed by atoms with Gasteiger partial charge in [0.05, 0.1) is 5.56 Å². The number of esters is 1. The average Bonchev–Trinajstić information content (AvgIpc) is 2.89. The van der Waals surface area contributed by atoms with Crippen molar-refractivity contribution in [2.24, 2.45) is 0 Å². The molecule has 4 aromatic carbocycles. The first-order valence-corrected chi connectivity index (χ1v) is 12.1. The fraction of sp³-hybridized carbons (Fsp3) is 0.194. The molecule has 184 valence electrons. The number of carbonyl (C=O) groups is 1. The van der Waals surface area contributed by atoms with Gasteiger partial charge in [0.1, 0.15) is 17.5 Å². The van der Waals surface area contributed by atoms with Crippen LogP contribution < -0.4 is 0 Å². The molecule has 0 aliphatic rings. The molecule has 0 N–H and O–H groups in total. The van der Waals surface area contributed by atoms with Crippen LogP contribution in [0.5, 0.6) is 0 Å². The monoisotopic (exact) mass is 488 g/mol. The summed E-state index contributed by atoms with van der Waals surface area (Å²) in [6.07, 6.45) is 3.26. The zero-order chi connectivity index (χ0) is 25.5. The van der Waals surface area contributed by atoms with Crippen LogP contribution in [0.25, 0.3) is 11.1 Å². The summed E-state index contributed by atoms with van der Waals surface area (Å²) < 4.78 is 47.4. The van der Waals surface area contributed by atoms with Gasteiger partial charge in [-0.05, 0) is 77.6 Å². The summed E-state index contributed by atoms with van der Waals surface area (Å²) in [5, 5.41) is 0. The first-order chi connectivity index (χ1) is 17.4. The molecule has 0 unspecified atom stereocenters. The van der Waals surface area contributed by atoms with E-state index in [2.05, 4.69) is 6.92 Å². The number of halogens is 3. The minimum atomic E-state index is -0.851. The Bertz CT molecular complexity index is 1250. The minimum Gasteiger partial charge on any atom is -0.449 e. The second-order valence-electron chi connectivity index (χ2n) is 8.74. The Hall–Kier alpha value is -3.86. The van der Waals surface area contributed by atoms with Crippen LogP contribution in [-0.4, -0.2) is 5.97 Å². The zero-order valence-electron chi connectivity index (χ0n) is 20.0. The van der Waals surface area contributed by atoms with Crippen LogP contribution in [0.4, 0.5) is 13.2 Å². The van der Waals surface area contributed by atoms with E-state index in [-0.39, 0.29) is 11.4 Å². The molecule has 2 nitrogen and oxygen atoms in total. The molecule has 4 aromatic rings. The number of aryl methyl sites for hydroxylation is 1. The Balaban J connectivity index is 1.52. The summed E-state index contributed by atoms with van der Waals surface area (Å²) >= 11 is 0. The Morgan fingerprint density at radius 1 is 0.750 bits per heavy atom. The third kappa shape index (κ3) is 6.22. The Morgan fingerprint density at radius 3 is 1.86 bits per heavy atom. The largest absolute Gasteiger partial charge is 0.449 e. The average molecular weight is 489 g/mol. The van der Waals surface area contributed by atoms with Crippen molar-refractivity contribution >= 4 is 5.97 Å². The number of hydrogen-bond acceptors (Lipinski definition) is 2. The van der Waals surface area contributed by atoms with Crippen molar-refractivity contribution in [2.75, 3.05) is 0 Å². The van der Waals surface area contributed by atoms with Crippen molar-refractivity contribution in [3.63, 3.8) is 0 Å². The van der Waals surface area contributed by atoms with Gasteiger partial charge in [0.2, 0.25) is 0 Å². The first-order valence-electron chi connectivity index (χ1n) is 12.1. The van der Waals surface area contributed by atoms with Crippen molar-refractivity contribution in [2.45, 2.75) is 38.7 Å². The van der Waals surface area contributed by atoms with Crippen LogP contribution in [-0.2, 0) is 11.2 Å². The number of carbonyl (C=O) groups excluding carboxylic acids is 1. The molecule has 0 aliphatic heterocycles. The van der Waals surface area contributed by atoms with E-state index in [0.29, 0.717) is 22.3 Å². The molecule has 0 saturated carbocycles. The number of hydrogen-bond donors (Lipinski definition) is 0. The standard InChI is InChI=1S/C31H27F3O2/c1-2-3-4-5-21-6-19-28(29(34)20-21)22-7-9-25(10-8-22)31(35)36-30(23-11-15-26(32)16-12-23)24-13-17-27(33)18-14-24/h6-20,30H,2-5H2,1H3. The number of benzene rings is 4. The summed E-state index contributed by atoms with van der Waals surface area (Å²) in [7, 11) is 0. The van der Waals surface area contributed by atoms with Gasteiger partial charge >= 0.3 is 5.97 Å². The van der Waals surface area contributed by atoms with E-state index >= 15 is 0 Å². The molecule has 0 atom stereocenters. The van der Waals surface area contributed by atoms with E-state index in [4.69, 9.17) is 4.74 Å². The van der Waals surface area contributed by atoms with Crippen molar-refractivity contribution < 1.29 is 22.7 Å². The smallest absolute Gasteiger partial charge is 0.339 e. The van der Waals surface area contributed by atoms with E-state index in [0.717, 1.165) is 31.2 Å². The van der Waals surface area contributed by atoms with E-state index in [9.17, 15) is 18.0 Å². The van der Waals surface area contributed by atoms with Gasteiger partial charge in [0.25, 0.3) is 0 Å². The number of ether oxygens (including phenoxy) is 1. The molecule has 5 heteroatoms. The van der Waals surface area contributed by atoms with Crippen LogP contribution in [0.3, 0.4) is 0 Å². The maximum absolute atomic E-state index is 14.8. The molecule has 0 aliphatic carbocycles. The Morgan fingerprint density at radius 2 is 1.33 bits per heavy atom. The maximum Gasteiger partial charge on any atom is 0.339 e. The molecular weight excluding hydrogens is 461 g/mol. The SMILES string of the molecule is CCCCCc1ccc(-c2ccc(C(=O)OC(c3ccc(F)cc3)c3ccc(F)cc3)cc2)c(F)c1. The van der Waals surface area contributed by atoms with E-state index in [1.807, 2.05) is 6.07 Å². The maximum atomic E-state index is 14.8. The molecule has 0 aromatic heterocycles. The molecular formula is C31H27F3O2. The lowest BCUT2D eigenvalue weighted by atomic mass is 9.99. The van der Waals surface area contributed by atoms with Gasteiger partial charge in [-0.2, -0.15) is 0 Å². The molecule has 0 amide bonds. The summed E-state index contributed by atoms with van der Waals surface area (Å²) in [5.41, 5.74) is 3.47. The van der Waals surface area contributed by atoms with E-state index in [1.165, 1.54) is 48.5 Å². The second kappa shape index (κ2) is 11.7. The molecule has 36 heavy (non-hydrogen) atoms. The van der Waals surface area contributed by atoms with E-state index in [1.54, 1.807) is 36.4 Å². The fourth-order valence-corrected chi connectivity index (χ4v) is 4.09. The Labute approximate surface area is 209 Å². The van der Waals surface area contributed by atoms with Gasteiger partial charge in [-0.3, -0.25) is 0 Å². The highest BCUT2D eigenvalue weighted by Gasteiger charge is 2.21. The highest BCUT2D eigenvalue weighted by Crippen LogP contribution is 2.29. The number of rotatable bonds is 9. The highest BCUT2D eigenvalue weighted by atomic mass is 19.1. The minimum absolute atomic E-state index is 0.282. The van der Waals surface area contributed by atoms with Gasteiger partial charge < -0.3 is 4.74 Å². The normalized spacial score (nSPS) is 11.0. The van der Waals surface area contributed by atoms with Gasteiger partial charge in [0.15, 0.2) is 6.10 Å². The molecule has 0 heterocycles. The third-order valence-electron chi connectivity index (χ3n) is 6.10. The van der Waals surface area contributed by atoms with Crippen LogP contribution in [0.15, 0.2) is 91.0 Å². The van der Waals surface area contributed by atoms with Gasteiger partial charge in [0, 0.05) is 5.56 Å². The van der Waals surface area contributed by atoms with Crippen LogP contribution in [0, 0.1) is 17.5 Å². The fourth-order valence-electron chi connectivity index (χ4n) is 4.09. The van der Waals surface area contributed by atoms with Gasteiger partial charge in [-0.25, -0.2) is 18.0 Å². The first kappa shape index (κ1) is 25.2. The second-order valence-corrected chi connectivity index (χ2v) is 8.74. The predicted molar refractivity (Wildman–Crippen MR) is 135 cm³/mol. The molecule has 0 saturated heterocycles. The van der Waals surface area contributed by atoms with Crippen LogP contribution in [0.2, 0.25) is 0 Å². The quantitative estimate of drug-likeness (QED) is 0.175.